The number of unbranched alkanes of at least 4 members (excludes halogenated alkanes) is 12. The lowest BCUT2D eigenvalue weighted by Gasteiger charge is -2.26. The normalized spacial score (nSPS) is 10.6. The largest absolute Gasteiger partial charge is 0.889 e. The van der Waals surface area contributed by atoms with Crippen molar-refractivity contribution in [2.75, 3.05) is 39.3 Å². The van der Waals surface area contributed by atoms with E-state index in [1.54, 1.807) is 0 Å². The summed E-state index contributed by atoms with van der Waals surface area (Å²) in [7, 11) is -2.12. The molecule has 5 nitrogen and oxygen atoms in total. The Labute approximate surface area is 259 Å². The van der Waals surface area contributed by atoms with Gasteiger partial charge in [-0.15, -0.1) is 0 Å². The second kappa shape index (κ2) is 39.4. The average molecular weight is 583 g/mol. The van der Waals surface area contributed by atoms with Crippen LogP contribution in [0.4, 0.5) is 0 Å². The first-order chi connectivity index (χ1) is 19.9. The molecule has 0 aliphatic heterocycles. The van der Waals surface area contributed by atoms with Crippen molar-refractivity contribution in [3.8, 4) is 0 Å². The van der Waals surface area contributed by atoms with Gasteiger partial charge in [0.25, 0.3) is 0 Å². The van der Waals surface area contributed by atoms with Gasteiger partial charge in [-0.05, 0) is 51.4 Å². The van der Waals surface area contributed by atoms with Gasteiger partial charge in [0.15, 0.2) is 0 Å². The maximum Gasteiger partial charge on any atom is 0.110 e. The minimum Gasteiger partial charge on any atom is -0.889 e. The van der Waals surface area contributed by atoms with Crippen LogP contribution in [0.25, 0.3) is 0 Å². The minimum absolute atomic E-state index is 0.149. The third-order valence-corrected chi connectivity index (χ3v) is 7.77. The number of allylic oxidation sites excluding steroid dienone is 1. The topological polar surface area (TPSA) is 72.1 Å². The lowest BCUT2D eigenvalue weighted by Crippen LogP contribution is -3.12. The van der Waals surface area contributed by atoms with Crippen molar-refractivity contribution >= 4 is 13.1 Å². The number of quaternary nitrogens is 2. The highest BCUT2D eigenvalue weighted by Crippen LogP contribution is 2.10. The molecule has 0 rings (SSSR count). The monoisotopic (exact) mass is 583 g/mol. The third kappa shape index (κ3) is 37.3. The fourth-order valence-corrected chi connectivity index (χ4v) is 4.80. The predicted molar refractivity (Wildman–Crippen MR) is 178 cm³/mol. The lowest BCUT2D eigenvalue weighted by molar-refractivity contribution is -0.900. The van der Waals surface area contributed by atoms with Crippen LogP contribution in [0.5, 0.6) is 0 Å². The Bertz CT molecular complexity index is 466. The van der Waals surface area contributed by atoms with Gasteiger partial charge in [-0.25, -0.2) is 4.79 Å². The molecule has 0 aliphatic rings. The molecule has 0 bridgehead atoms. The van der Waals surface area contributed by atoms with Crippen LogP contribution < -0.4 is 19.8 Å². The molecule has 0 unspecified atom stereocenters. The van der Waals surface area contributed by atoms with Gasteiger partial charge in [-0.2, -0.15) is 0 Å². The van der Waals surface area contributed by atoms with E-state index in [0.717, 1.165) is 19.3 Å². The van der Waals surface area contributed by atoms with Gasteiger partial charge < -0.3 is 19.8 Å². The fourth-order valence-electron chi connectivity index (χ4n) is 4.80. The minimum atomic E-state index is -2.12. The Balaban J connectivity index is -0.000000530. The van der Waals surface area contributed by atoms with Crippen molar-refractivity contribution in [2.45, 2.75) is 177 Å². The molecule has 0 saturated carbocycles. The summed E-state index contributed by atoms with van der Waals surface area (Å²) in [4.78, 5) is 13.9. The van der Waals surface area contributed by atoms with Crippen LogP contribution in [0.15, 0.2) is 5.47 Å². The summed E-state index contributed by atoms with van der Waals surface area (Å²) < 4.78 is 0. The Morgan fingerprint density at radius 2 is 0.732 bits per heavy atom. The molecular formula is C35H75BN2O3. The molecule has 0 aliphatic carbocycles. The van der Waals surface area contributed by atoms with Crippen molar-refractivity contribution < 1.29 is 24.6 Å². The molecule has 6 heteroatoms. The van der Waals surface area contributed by atoms with Crippen LogP contribution >= 0.6 is 0 Å². The molecule has 0 atom stereocenters. The average Bonchev–Trinajstić information content (AvgIpc) is 2.98. The van der Waals surface area contributed by atoms with Gasteiger partial charge >= 0.3 is 0 Å². The summed E-state index contributed by atoms with van der Waals surface area (Å²) in [6.07, 6.45) is 24.7. The summed E-state index contributed by atoms with van der Waals surface area (Å²) >= 11 is 0. The Morgan fingerprint density at radius 1 is 0.463 bits per heavy atom. The zero-order chi connectivity index (χ0) is 31.4. The van der Waals surface area contributed by atoms with E-state index in [0.29, 0.717) is 6.42 Å². The van der Waals surface area contributed by atoms with Gasteiger partial charge in [-0.1, -0.05) is 138 Å². The third-order valence-electron chi connectivity index (χ3n) is 7.77. The molecule has 2 N–H and O–H groups in total. The first-order valence-electron chi connectivity index (χ1n) is 18.1. The van der Waals surface area contributed by atoms with Crippen molar-refractivity contribution in [2.24, 2.45) is 0 Å². The number of carbonyl (C=O) groups excluding carboxylic acids is 1. The molecule has 246 valence electrons. The second-order valence-corrected chi connectivity index (χ2v) is 12.0. The number of hydrogen-bond donors (Lipinski definition) is 2. The summed E-state index contributed by atoms with van der Waals surface area (Å²) in [6.45, 7) is 24.3. The molecule has 0 aromatic heterocycles. The van der Waals surface area contributed by atoms with E-state index in [9.17, 15) is 14.8 Å². The predicted octanol–water partition coefficient (Wildman–Crippen LogP) is 5.18. The molecule has 0 amide bonds. The molecule has 0 aromatic carbocycles. The van der Waals surface area contributed by atoms with Gasteiger partial charge in [-0.3, -0.25) is 0 Å². The zero-order valence-corrected chi connectivity index (χ0v) is 29.2. The fraction of sp³-hybridized carbons (Fsp3) is 0.943. The maximum atomic E-state index is 10.4. The van der Waals surface area contributed by atoms with Crippen LogP contribution in [0.3, 0.4) is 0 Å². The maximum absolute atomic E-state index is 10.4. The Hall–Kier alpha value is -0.645. The first kappa shape index (κ1) is 44.8. The van der Waals surface area contributed by atoms with Crippen molar-refractivity contribution in [1.82, 2.24) is 0 Å². The highest BCUT2D eigenvalue weighted by molar-refractivity contribution is 6.49. The Morgan fingerprint density at radius 3 is 0.976 bits per heavy atom. The lowest BCUT2D eigenvalue weighted by atomic mass is 9.77. The number of rotatable bonds is 27. The van der Waals surface area contributed by atoms with Crippen LogP contribution in [0.2, 0.25) is 0 Å². The molecule has 0 fully saturated rings. The van der Waals surface area contributed by atoms with Gasteiger partial charge in [0.05, 0.1) is 39.3 Å². The van der Waals surface area contributed by atoms with E-state index in [1.165, 1.54) is 148 Å². The van der Waals surface area contributed by atoms with E-state index >= 15 is 0 Å². The highest BCUT2D eigenvalue weighted by atomic mass is 16.4. The highest BCUT2D eigenvalue weighted by Gasteiger charge is 2.06. The summed E-state index contributed by atoms with van der Waals surface area (Å²) in [5, 5.41) is 20.8. The van der Waals surface area contributed by atoms with Gasteiger partial charge in [0, 0.05) is 0 Å². The molecule has 0 saturated heterocycles. The van der Waals surface area contributed by atoms with E-state index in [4.69, 9.17) is 0 Å². The quantitative estimate of drug-likeness (QED) is 0.0797. The standard InChI is InChI=1S/2C12H27N.C11H19BO3/c2*1-4-7-10-13(11-8-5-2)12-9-6-3;1-2-3-4-5-6-7-8-9-11(10-13)12(14)15/h2*4-12H2,1-3H3;2-9H2,1H3/q;;-2/p+2. The summed E-state index contributed by atoms with van der Waals surface area (Å²) in [6, 6.07) is 0. The van der Waals surface area contributed by atoms with Crippen molar-refractivity contribution in [3.05, 3.63) is 5.47 Å². The smallest absolute Gasteiger partial charge is 0.110 e. The van der Waals surface area contributed by atoms with Crippen molar-refractivity contribution in [3.63, 3.8) is 0 Å². The number of nitrogens with one attached hydrogen (secondary N) is 2. The summed E-state index contributed by atoms with van der Waals surface area (Å²) in [5.74, 6) is 1.45. The second-order valence-electron chi connectivity index (χ2n) is 12.0. The summed E-state index contributed by atoms with van der Waals surface area (Å²) in [5.41, 5.74) is -0.149. The molecule has 0 radical (unpaired) electrons. The van der Waals surface area contributed by atoms with Crippen molar-refractivity contribution in [1.29, 1.82) is 0 Å². The number of hydrogen-bond acceptors (Lipinski definition) is 3. The molecular weight excluding hydrogens is 507 g/mol. The van der Waals surface area contributed by atoms with E-state index in [-0.39, 0.29) is 5.47 Å². The molecule has 0 heterocycles. The Kier molecular flexibility index (Phi) is 43.0. The van der Waals surface area contributed by atoms with Gasteiger partial charge in [0.2, 0.25) is 0 Å². The first-order valence-corrected chi connectivity index (χ1v) is 18.1. The van der Waals surface area contributed by atoms with E-state index in [2.05, 4.69) is 48.5 Å². The van der Waals surface area contributed by atoms with Crippen LogP contribution in [0, 0.1) is 0 Å². The molecule has 0 aromatic rings. The van der Waals surface area contributed by atoms with Crippen LogP contribution in [-0.4, -0.2) is 52.3 Å². The van der Waals surface area contributed by atoms with Gasteiger partial charge in [0.1, 0.15) is 5.94 Å². The van der Waals surface area contributed by atoms with E-state index < -0.39 is 7.12 Å². The van der Waals surface area contributed by atoms with E-state index in [1.807, 2.05) is 9.80 Å². The zero-order valence-electron chi connectivity index (χ0n) is 29.2. The van der Waals surface area contributed by atoms with Crippen LogP contribution in [-0.2, 0) is 4.79 Å². The SMILES string of the molecule is CCCCCCCCCC(=C=O)B([O-])[O-].CCCC[NH+](CCCC)CCCC.CCCC[NH+](CCCC)CCCC. The van der Waals surface area contributed by atoms with Crippen LogP contribution in [0.1, 0.15) is 177 Å². The molecule has 41 heavy (non-hydrogen) atoms. The molecule has 0 spiro atoms.